The van der Waals surface area contributed by atoms with Crippen LogP contribution in [-0.4, -0.2) is 47.5 Å². The van der Waals surface area contributed by atoms with Crippen LogP contribution in [0.2, 0.25) is 0 Å². The van der Waals surface area contributed by atoms with Crippen LogP contribution in [0.1, 0.15) is 28.9 Å². The van der Waals surface area contributed by atoms with Gasteiger partial charge in [-0.05, 0) is 30.9 Å². The van der Waals surface area contributed by atoms with Crippen molar-refractivity contribution in [2.75, 3.05) is 26.8 Å². The standard InChI is InChI=1S/C24H25N3O6S/c1-31-22-11-20(21(27(29)30)12-23(22)33-14-18-15-34-16-25-18)24(28)26-9-7-17(8-10-26)13-32-19-5-3-2-4-6-19/h2-6,11-12,15-17H,7-10,13-14H2,1H3. The molecule has 0 radical (unpaired) electrons. The molecule has 1 aliphatic heterocycles. The molecule has 0 aliphatic carbocycles. The van der Waals surface area contributed by atoms with Gasteiger partial charge in [0.2, 0.25) is 0 Å². The third-order valence-corrected chi connectivity index (χ3v) is 6.33. The molecule has 0 saturated carbocycles. The quantitative estimate of drug-likeness (QED) is 0.324. The predicted octanol–water partition coefficient (Wildman–Crippen LogP) is 4.57. The SMILES string of the molecule is COc1cc(C(=O)N2CCC(COc3ccccc3)CC2)c([N+](=O)[O-])cc1OCc1cscn1. The van der Waals surface area contributed by atoms with Gasteiger partial charge in [0.15, 0.2) is 11.5 Å². The maximum atomic E-state index is 13.2. The highest BCUT2D eigenvalue weighted by molar-refractivity contribution is 7.07. The van der Waals surface area contributed by atoms with E-state index in [4.69, 9.17) is 14.2 Å². The van der Waals surface area contributed by atoms with Crippen LogP contribution < -0.4 is 14.2 Å². The second-order valence-corrected chi connectivity index (χ2v) is 8.62. The van der Waals surface area contributed by atoms with Gasteiger partial charge in [0, 0.05) is 24.5 Å². The Morgan fingerprint density at radius 1 is 1.18 bits per heavy atom. The normalized spacial score (nSPS) is 14.0. The number of nitro groups is 1. The summed E-state index contributed by atoms with van der Waals surface area (Å²) in [7, 11) is 1.43. The summed E-state index contributed by atoms with van der Waals surface area (Å²) in [5.41, 5.74) is 2.06. The molecular weight excluding hydrogens is 458 g/mol. The van der Waals surface area contributed by atoms with Gasteiger partial charge in [0.1, 0.15) is 17.9 Å². The van der Waals surface area contributed by atoms with Gasteiger partial charge in [-0.2, -0.15) is 0 Å². The number of nitro benzene ring substituents is 1. The molecule has 0 unspecified atom stereocenters. The minimum Gasteiger partial charge on any atom is -0.493 e. The minimum atomic E-state index is -0.567. The summed E-state index contributed by atoms with van der Waals surface area (Å²) in [6.45, 7) is 1.72. The highest BCUT2D eigenvalue weighted by Crippen LogP contribution is 2.36. The number of para-hydroxylation sites is 1. The van der Waals surface area contributed by atoms with Crippen molar-refractivity contribution in [1.82, 2.24) is 9.88 Å². The van der Waals surface area contributed by atoms with Crippen molar-refractivity contribution in [1.29, 1.82) is 0 Å². The topological polar surface area (TPSA) is 104 Å². The number of aromatic nitrogens is 1. The van der Waals surface area contributed by atoms with Gasteiger partial charge < -0.3 is 19.1 Å². The Labute approximate surface area is 201 Å². The zero-order valence-corrected chi connectivity index (χ0v) is 19.5. The number of amides is 1. The van der Waals surface area contributed by atoms with Crippen molar-refractivity contribution < 1.29 is 23.9 Å². The lowest BCUT2D eigenvalue weighted by molar-refractivity contribution is -0.385. The molecule has 0 bridgehead atoms. The third-order valence-electron chi connectivity index (χ3n) is 5.70. The lowest BCUT2D eigenvalue weighted by atomic mass is 9.97. The van der Waals surface area contributed by atoms with E-state index in [0.717, 1.165) is 18.6 Å². The average molecular weight is 484 g/mol. The number of rotatable bonds is 9. The maximum Gasteiger partial charge on any atom is 0.286 e. The lowest BCUT2D eigenvalue weighted by Gasteiger charge is -2.32. The number of nitrogens with zero attached hydrogens (tertiary/aromatic N) is 3. The number of hydrogen-bond acceptors (Lipinski definition) is 8. The number of ether oxygens (including phenoxy) is 3. The molecule has 178 valence electrons. The molecule has 3 aromatic rings. The summed E-state index contributed by atoms with van der Waals surface area (Å²) in [5.74, 6) is 1.19. The molecule has 2 aromatic carbocycles. The number of likely N-dealkylation sites (tertiary alicyclic amines) is 1. The molecule has 1 aliphatic rings. The van der Waals surface area contributed by atoms with Crippen LogP contribution >= 0.6 is 11.3 Å². The summed E-state index contributed by atoms with van der Waals surface area (Å²) in [4.78, 5) is 30.2. The van der Waals surface area contributed by atoms with E-state index in [2.05, 4.69) is 4.98 Å². The number of benzene rings is 2. The fourth-order valence-corrected chi connectivity index (χ4v) is 4.35. The molecule has 0 N–H and O–H groups in total. The van der Waals surface area contributed by atoms with Crippen LogP contribution in [-0.2, 0) is 6.61 Å². The van der Waals surface area contributed by atoms with Crippen molar-refractivity contribution >= 4 is 22.9 Å². The second kappa shape index (κ2) is 11.0. The summed E-state index contributed by atoms with van der Waals surface area (Å²) >= 11 is 1.43. The third kappa shape index (κ3) is 5.63. The Bertz CT molecular complexity index is 1120. The lowest BCUT2D eigenvalue weighted by Crippen LogP contribution is -2.40. The summed E-state index contributed by atoms with van der Waals surface area (Å²) in [6.07, 6.45) is 1.52. The van der Waals surface area contributed by atoms with Crippen LogP contribution in [0.5, 0.6) is 17.2 Å². The fourth-order valence-electron chi connectivity index (χ4n) is 3.81. The largest absolute Gasteiger partial charge is 0.493 e. The maximum absolute atomic E-state index is 13.2. The molecule has 1 aromatic heterocycles. The predicted molar refractivity (Wildman–Crippen MR) is 127 cm³/mol. The second-order valence-electron chi connectivity index (χ2n) is 7.91. The van der Waals surface area contributed by atoms with Crippen LogP contribution in [0.4, 0.5) is 5.69 Å². The van der Waals surface area contributed by atoms with E-state index in [1.54, 1.807) is 10.4 Å². The van der Waals surface area contributed by atoms with Crippen molar-refractivity contribution in [3.63, 3.8) is 0 Å². The number of methoxy groups -OCH3 is 1. The molecule has 2 heterocycles. The molecule has 4 rings (SSSR count). The molecule has 1 fully saturated rings. The van der Waals surface area contributed by atoms with E-state index in [1.165, 1.54) is 30.6 Å². The first-order chi connectivity index (χ1) is 16.5. The fraction of sp³-hybridized carbons (Fsp3) is 0.333. The number of carbonyl (C=O) groups is 1. The monoisotopic (exact) mass is 483 g/mol. The van der Waals surface area contributed by atoms with E-state index < -0.39 is 10.8 Å². The van der Waals surface area contributed by atoms with Crippen molar-refractivity contribution in [3.8, 4) is 17.2 Å². The van der Waals surface area contributed by atoms with Gasteiger partial charge in [-0.25, -0.2) is 4.98 Å². The molecule has 0 atom stereocenters. The van der Waals surface area contributed by atoms with Gasteiger partial charge in [-0.15, -0.1) is 11.3 Å². The Hall–Kier alpha value is -3.66. The highest BCUT2D eigenvalue weighted by Gasteiger charge is 2.30. The van der Waals surface area contributed by atoms with Gasteiger partial charge in [-0.1, -0.05) is 18.2 Å². The van der Waals surface area contributed by atoms with E-state index in [9.17, 15) is 14.9 Å². The minimum absolute atomic E-state index is 0.0122. The number of piperidine rings is 1. The van der Waals surface area contributed by atoms with Crippen LogP contribution in [0.15, 0.2) is 53.4 Å². The number of thiazole rings is 1. The Morgan fingerprint density at radius 2 is 1.94 bits per heavy atom. The molecule has 9 nitrogen and oxygen atoms in total. The molecule has 1 amide bonds. The molecule has 10 heteroatoms. The van der Waals surface area contributed by atoms with Crippen LogP contribution in [0.3, 0.4) is 0 Å². The summed E-state index contributed by atoms with van der Waals surface area (Å²) in [6, 6.07) is 12.2. The summed E-state index contributed by atoms with van der Waals surface area (Å²) < 4.78 is 16.9. The van der Waals surface area contributed by atoms with E-state index in [0.29, 0.717) is 31.3 Å². The van der Waals surface area contributed by atoms with Gasteiger partial charge in [0.25, 0.3) is 11.6 Å². The zero-order valence-electron chi connectivity index (χ0n) is 18.7. The van der Waals surface area contributed by atoms with Gasteiger partial charge in [-0.3, -0.25) is 14.9 Å². The average Bonchev–Trinajstić information content (AvgIpc) is 3.40. The van der Waals surface area contributed by atoms with E-state index >= 15 is 0 Å². The van der Waals surface area contributed by atoms with Gasteiger partial charge >= 0.3 is 0 Å². The Kier molecular flexibility index (Phi) is 7.58. The summed E-state index contributed by atoms with van der Waals surface area (Å²) in [5, 5.41) is 13.6. The highest BCUT2D eigenvalue weighted by atomic mass is 32.1. The van der Waals surface area contributed by atoms with Crippen LogP contribution in [0, 0.1) is 16.0 Å². The van der Waals surface area contributed by atoms with Gasteiger partial charge in [0.05, 0.1) is 35.9 Å². The smallest absolute Gasteiger partial charge is 0.286 e. The first-order valence-electron chi connectivity index (χ1n) is 10.9. The molecule has 1 saturated heterocycles. The first-order valence-corrected chi connectivity index (χ1v) is 11.8. The van der Waals surface area contributed by atoms with Crippen molar-refractivity contribution in [2.45, 2.75) is 19.4 Å². The zero-order chi connectivity index (χ0) is 23.9. The molecule has 34 heavy (non-hydrogen) atoms. The molecule has 0 spiro atoms. The molecular formula is C24H25N3O6S. The van der Waals surface area contributed by atoms with Crippen LogP contribution in [0.25, 0.3) is 0 Å². The number of hydrogen-bond donors (Lipinski definition) is 0. The number of carbonyl (C=O) groups excluding carboxylic acids is 1. The van der Waals surface area contributed by atoms with E-state index in [-0.39, 0.29) is 29.4 Å². The first kappa shape index (κ1) is 23.5. The Balaban J connectivity index is 1.43. The van der Waals surface area contributed by atoms with Crippen molar-refractivity contribution in [3.05, 3.63) is 74.7 Å². The Morgan fingerprint density at radius 3 is 2.59 bits per heavy atom. The van der Waals surface area contributed by atoms with Crippen molar-refractivity contribution in [2.24, 2.45) is 5.92 Å². The van der Waals surface area contributed by atoms with E-state index in [1.807, 2.05) is 35.7 Å².